The minimum absolute atomic E-state index is 0.271. The summed E-state index contributed by atoms with van der Waals surface area (Å²) in [7, 11) is 0. The van der Waals surface area contributed by atoms with Crippen LogP contribution in [0.5, 0.6) is 0 Å². The van der Waals surface area contributed by atoms with Gasteiger partial charge < -0.3 is 0 Å². The van der Waals surface area contributed by atoms with Crippen molar-refractivity contribution in [3.8, 4) is 0 Å². The molecule has 2 nitrogen and oxygen atoms in total. The van der Waals surface area contributed by atoms with Crippen molar-refractivity contribution in [3.63, 3.8) is 0 Å². The van der Waals surface area contributed by atoms with E-state index in [2.05, 4.69) is 5.48 Å². The molecule has 3 heteroatoms. The third-order valence-electron chi connectivity index (χ3n) is 0.847. The zero-order valence-electron chi connectivity index (χ0n) is 4.10. The van der Waals surface area contributed by atoms with Gasteiger partial charge in [-0.1, -0.05) is 12.2 Å². The van der Waals surface area contributed by atoms with Crippen molar-refractivity contribution in [1.29, 1.82) is 0 Å². The summed E-state index contributed by atoms with van der Waals surface area (Å²) in [6, 6.07) is 0. The van der Waals surface area contributed by atoms with Gasteiger partial charge in [0, 0.05) is 6.42 Å². The van der Waals surface area contributed by atoms with Gasteiger partial charge in [0.2, 0.25) is 0 Å². The van der Waals surface area contributed by atoms with Crippen molar-refractivity contribution < 1.29 is 4.84 Å². The fourth-order valence-corrected chi connectivity index (χ4v) is 0.794. The topological polar surface area (TPSA) is 21.3 Å². The Balaban J connectivity index is 2.40. The molecule has 0 aliphatic carbocycles. The van der Waals surface area contributed by atoms with Gasteiger partial charge >= 0.3 is 0 Å². The summed E-state index contributed by atoms with van der Waals surface area (Å²) in [5.74, 6) is 0. The van der Waals surface area contributed by atoms with Gasteiger partial charge in [-0.25, -0.2) is 0 Å². The summed E-state index contributed by atoms with van der Waals surface area (Å²) in [6.07, 6.45) is 1.14. The maximum absolute atomic E-state index is 4.87. The van der Waals surface area contributed by atoms with Crippen molar-refractivity contribution in [3.05, 3.63) is 0 Å². The van der Waals surface area contributed by atoms with E-state index in [1.165, 1.54) is 0 Å². The van der Waals surface area contributed by atoms with Gasteiger partial charge in [0.15, 0.2) is 0 Å². The fourth-order valence-electron chi connectivity index (χ4n) is 0.511. The number of rotatable bonds is 0. The Morgan fingerprint density at radius 1 is 2.00 bits per heavy atom. The van der Waals surface area contributed by atoms with E-state index in [9.17, 15) is 0 Å². The van der Waals surface area contributed by atoms with Gasteiger partial charge in [0.05, 0.1) is 6.10 Å². The minimum Gasteiger partial charge on any atom is -0.272 e. The van der Waals surface area contributed by atoms with Crippen LogP contribution < -0.4 is 5.48 Å². The Hall–Kier alpha value is -0.150. The van der Waals surface area contributed by atoms with E-state index in [1.807, 2.05) is 6.92 Å². The second-order valence-corrected chi connectivity index (χ2v) is 2.15. The highest BCUT2D eigenvalue weighted by Crippen LogP contribution is 2.02. The molecule has 0 aromatic rings. The molecule has 7 heavy (non-hydrogen) atoms. The molecule has 1 rings (SSSR count). The Morgan fingerprint density at radius 2 is 2.71 bits per heavy atom. The Kier molecular flexibility index (Phi) is 1.25. The van der Waals surface area contributed by atoms with Crippen LogP contribution in [0.3, 0.4) is 0 Å². The summed E-state index contributed by atoms with van der Waals surface area (Å²) in [5, 5.41) is 0. The average molecular weight is 117 g/mol. The highest BCUT2D eigenvalue weighted by atomic mass is 32.1. The SMILES string of the molecule is CC1CC(=S)NO1. The number of hydrogen-bond donors (Lipinski definition) is 1. The number of nitrogens with one attached hydrogen (secondary N) is 1. The molecule has 0 aromatic heterocycles. The first-order valence-electron chi connectivity index (χ1n) is 2.23. The highest BCUT2D eigenvalue weighted by Gasteiger charge is 2.13. The fraction of sp³-hybridized carbons (Fsp3) is 0.750. The molecule has 0 bridgehead atoms. The van der Waals surface area contributed by atoms with Gasteiger partial charge in [-0.15, -0.1) is 0 Å². The predicted molar refractivity (Wildman–Crippen MR) is 30.9 cm³/mol. The lowest BCUT2D eigenvalue weighted by Gasteiger charge is -1.92. The van der Waals surface area contributed by atoms with Crippen LogP contribution in [0.15, 0.2) is 0 Å². The summed E-state index contributed by atoms with van der Waals surface area (Å²) in [5.41, 5.74) is 2.60. The zero-order chi connectivity index (χ0) is 5.28. The zero-order valence-corrected chi connectivity index (χ0v) is 4.92. The number of thiocarbonyl (C=S) groups is 1. The van der Waals surface area contributed by atoms with E-state index in [0.29, 0.717) is 0 Å². The lowest BCUT2D eigenvalue weighted by atomic mass is 10.3. The lowest BCUT2D eigenvalue weighted by molar-refractivity contribution is 0.0579. The van der Waals surface area contributed by atoms with E-state index < -0.39 is 0 Å². The predicted octanol–water partition coefficient (Wildman–Crippen LogP) is 0.627. The quantitative estimate of drug-likeness (QED) is 0.470. The third kappa shape index (κ3) is 1.11. The average Bonchev–Trinajstić information content (AvgIpc) is 1.87. The van der Waals surface area contributed by atoms with E-state index in [4.69, 9.17) is 17.1 Å². The van der Waals surface area contributed by atoms with Crippen molar-refractivity contribution in [2.24, 2.45) is 0 Å². The van der Waals surface area contributed by atoms with Gasteiger partial charge in [-0.3, -0.25) is 10.3 Å². The van der Waals surface area contributed by atoms with Gasteiger partial charge in [-0.05, 0) is 6.92 Å². The molecule has 0 saturated carbocycles. The van der Waals surface area contributed by atoms with Crippen molar-refractivity contribution >= 4 is 17.2 Å². The molecule has 1 aliphatic heterocycles. The van der Waals surface area contributed by atoms with Crippen molar-refractivity contribution in [2.75, 3.05) is 0 Å². The smallest absolute Gasteiger partial charge is 0.103 e. The van der Waals surface area contributed by atoms with Crippen LogP contribution in [0.1, 0.15) is 13.3 Å². The molecule has 1 unspecified atom stereocenters. The molecule has 40 valence electrons. The van der Waals surface area contributed by atoms with Crippen LogP contribution in [0, 0.1) is 0 Å². The Labute approximate surface area is 47.8 Å². The highest BCUT2D eigenvalue weighted by molar-refractivity contribution is 7.80. The Bertz CT molecular complexity index is 93.7. The summed E-state index contributed by atoms with van der Waals surface area (Å²) < 4.78 is 0. The Morgan fingerprint density at radius 3 is 2.86 bits per heavy atom. The van der Waals surface area contributed by atoms with Crippen LogP contribution in [-0.4, -0.2) is 11.1 Å². The monoisotopic (exact) mass is 117 g/mol. The van der Waals surface area contributed by atoms with E-state index >= 15 is 0 Å². The van der Waals surface area contributed by atoms with Gasteiger partial charge in [-0.2, -0.15) is 0 Å². The molecule has 1 saturated heterocycles. The summed E-state index contributed by atoms with van der Waals surface area (Å²) in [6.45, 7) is 1.98. The molecule has 1 fully saturated rings. The van der Waals surface area contributed by atoms with Gasteiger partial charge in [0.1, 0.15) is 4.99 Å². The first-order chi connectivity index (χ1) is 3.29. The largest absolute Gasteiger partial charge is 0.272 e. The molecule has 0 radical (unpaired) electrons. The van der Waals surface area contributed by atoms with Crippen LogP contribution in [0.25, 0.3) is 0 Å². The standard InChI is InChI=1S/C4H7NOS/c1-3-2-4(7)5-6-3/h3H,2H2,1H3,(H,5,7). The molecule has 1 atom stereocenters. The summed E-state index contributed by atoms with van der Waals surface area (Å²) >= 11 is 4.76. The van der Waals surface area contributed by atoms with E-state index in [1.54, 1.807) is 0 Å². The van der Waals surface area contributed by atoms with E-state index in [0.717, 1.165) is 11.4 Å². The third-order valence-corrected chi connectivity index (χ3v) is 1.10. The number of hydrogen-bond acceptors (Lipinski definition) is 2. The lowest BCUT2D eigenvalue weighted by Crippen LogP contribution is -2.09. The molecular formula is C4H7NOS. The minimum atomic E-state index is 0.271. The van der Waals surface area contributed by atoms with Crippen LogP contribution >= 0.6 is 12.2 Å². The van der Waals surface area contributed by atoms with Crippen LogP contribution in [0.4, 0.5) is 0 Å². The van der Waals surface area contributed by atoms with E-state index in [-0.39, 0.29) is 6.10 Å². The van der Waals surface area contributed by atoms with Crippen molar-refractivity contribution in [2.45, 2.75) is 19.4 Å². The van der Waals surface area contributed by atoms with Crippen LogP contribution in [-0.2, 0) is 4.84 Å². The maximum Gasteiger partial charge on any atom is 0.103 e. The number of hydroxylamine groups is 1. The second-order valence-electron chi connectivity index (χ2n) is 1.66. The van der Waals surface area contributed by atoms with Crippen LogP contribution in [0.2, 0.25) is 0 Å². The van der Waals surface area contributed by atoms with Crippen molar-refractivity contribution in [1.82, 2.24) is 5.48 Å². The molecule has 0 aromatic carbocycles. The second kappa shape index (κ2) is 1.76. The first-order valence-corrected chi connectivity index (χ1v) is 2.64. The van der Waals surface area contributed by atoms with Gasteiger partial charge in [0.25, 0.3) is 0 Å². The summed E-state index contributed by atoms with van der Waals surface area (Å²) in [4.78, 5) is 5.69. The molecule has 1 aliphatic rings. The normalized spacial score (nSPS) is 30.4. The molecule has 1 N–H and O–H groups in total. The molecular weight excluding hydrogens is 110 g/mol. The molecule has 0 spiro atoms. The molecule has 1 heterocycles. The molecule has 0 amide bonds. The first kappa shape index (κ1) is 5.00. The maximum atomic E-state index is 4.87.